The molecule has 1 atom stereocenters. The molecule has 0 saturated heterocycles. The molecule has 2 rings (SSSR count). The molecular weight excluding hydrogens is 214 g/mol. The average molecular weight is 231 g/mol. The Hall–Kier alpha value is -1.81. The van der Waals surface area contributed by atoms with E-state index in [-0.39, 0.29) is 6.04 Å². The maximum absolute atomic E-state index is 5.72. The summed E-state index contributed by atoms with van der Waals surface area (Å²) in [4.78, 5) is 0. The van der Waals surface area contributed by atoms with Crippen LogP contribution in [0.15, 0.2) is 42.7 Å². The van der Waals surface area contributed by atoms with Crippen LogP contribution in [-0.2, 0) is 7.05 Å². The minimum Gasteiger partial charge on any atom is -0.492 e. The third-order valence-corrected chi connectivity index (χ3v) is 2.64. The summed E-state index contributed by atoms with van der Waals surface area (Å²) in [6.07, 6.45) is 3.85. The van der Waals surface area contributed by atoms with Crippen LogP contribution in [0.3, 0.4) is 0 Å². The summed E-state index contributed by atoms with van der Waals surface area (Å²) in [7, 11) is 3.83. The smallest absolute Gasteiger partial charge is 0.119 e. The van der Waals surface area contributed by atoms with Crippen LogP contribution in [0.4, 0.5) is 0 Å². The molecule has 17 heavy (non-hydrogen) atoms. The lowest BCUT2D eigenvalue weighted by Gasteiger charge is -2.15. The summed E-state index contributed by atoms with van der Waals surface area (Å²) < 4.78 is 7.52. The molecule has 0 aliphatic heterocycles. The highest BCUT2D eigenvalue weighted by atomic mass is 16.5. The zero-order chi connectivity index (χ0) is 12.1. The molecule has 1 heterocycles. The highest BCUT2D eigenvalue weighted by Crippen LogP contribution is 2.15. The van der Waals surface area contributed by atoms with Crippen LogP contribution >= 0.6 is 0 Å². The quantitative estimate of drug-likeness (QED) is 0.852. The van der Waals surface area contributed by atoms with Gasteiger partial charge < -0.3 is 10.1 Å². The van der Waals surface area contributed by atoms with E-state index in [2.05, 4.69) is 10.4 Å². The Morgan fingerprint density at radius 1 is 1.35 bits per heavy atom. The number of benzene rings is 1. The molecule has 90 valence electrons. The second-order valence-electron chi connectivity index (χ2n) is 3.91. The van der Waals surface area contributed by atoms with Crippen molar-refractivity contribution in [2.45, 2.75) is 6.04 Å². The Kier molecular flexibility index (Phi) is 3.77. The average Bonchev–Trinajstić information content (AvgIpc) is 2.78. The Balaban J connectivity index is 1.97. The molecule has 0 fully saturated rings. The van der Waals surface area contributed by atoms with E-state index < -0.39 is 0 Å². The molecule has 1 aromatic heterocycles. The highest BCUT2D eigenvalue weighted by molar-refractivity contribution is 5.21. The van der Waals surface area contributed by atoms with E-state index in [1.807, 2.05) is 56.8 Å². The number of aromatic nitrogens is 2. The summed E-state index contributed by atoms with van der Waals surface area (Å²) >= 11 is 0. The second-order valence-corrected chi connectivity index (χ2v) is 3.91. The molecule has 0 bridgehead atoms. The molecule has 2 aromatic rings. The zero-order valence-corrected chi connectivity index (χ0v) is 10.1. The molecule has 0 aliphatic rings. The molecule has 1 unspecified atom stereocenters. The highest BCUT2D eigenvalue weighted by Gasteiger charge is 2.11. The van der Waals surface area contributed by atoms with Crippen molar-refractivity contribution in [2.75, 3.05) is 13.7 Å². The van der Waals surface area contributed by atoms with Crippen molar-refractivity contribution >= 4 is 0 Å². The van der Waals surface area contributed by atoms with Gasteiger partial charge in [0.25, 0.3) is 0 Å². The number of rotatable bonds is 5. The zero-order valence-electron chi connectivity index (χ0n) is 10.1. The molecule has 1 aromatic carbocycles. The van der Waals surface area contributed by atoms with Gasteiger partial charge in [-0.1, -0.05) is 18.2 Å². The van der Waals surface area contributed by atoms with Crippen LogP contribution in [0, 0.1) is 0 Å². The fraction of sp³-hybridized carbons (Fsp3) is 0.308. The van der Waals surface area contributed by atoms with E-state index in [1.54, 1.807) is 4.68 Å². The molecule has 0 saturated carbocycles. The van der Waals surface area contributed by atoms with Gasteiger partial charge in [-0.2, -0.15) is 5.10 Å². The fourth-order valence-corrected chi connectivity index (χ4v) is 1.66. The Morgan fingerprint density at radius 2 is 2.12 bits per heavy atom. The second kappa shape index (κ2) is 5.50. The third kappa shape index (κ3) is 3.07. The first-order valence-corrected chi connectivity index (χ1v) is 5.63. The number of hydrogen-bond acceptors (Lipinski definition) is 3. The van der Waals surface area contributed by atoms with Crippen molar-refractivity contribution in [3.8, 4) is 5.75 Å². The van der Waals surface area contributed by atoms with Crippen molar-refractivity contribution in [1.82, 2.24) is 15.1 Å². The first-order chi connectivity index (χ1) is 8.29. The number of para-hydroxylation sites is 1. The van der Waals surface area contributed by atoms with Gasteiger partial charge in [-0.05, 0) is 19.2 Å². The van der Waals surface area contributed by atoms with Crippen LogP contribution in [0.1, 0.15) is 11.6 Å². The predicted molar refractivity (Wildman–Crippen MR) is 66.9 cm³/mol. The molecule has 0 spiro atoms. The van der Waals surface area contributed by atoms with Crippen LogP contribution in [-0.4, -0.2) is 23.4 Å². The number of aryl methyl sites for hydroxylation is 1. The van der Waals surface area contributed by atoms with Gasteiger partial charge in [-0.3, -0.25) is 4.68 Å². The number of ether oxygens (including phenoxy) is 1. The summed E-state index contributed by atoms with van der Waals surface area (Å²) in [6, 6.07) is 9.97. The van der Waals surface area contributed by atoms with Gasteiger partial charge >= 0.3 is 0 Å². The van der Waals surface area contributed by atoms with Gasteiger partial charge in [0, 0.05) is 18.8 Å². The molecule has 4 nitrogen and oxygen atoms in total. The lowest BCUT2D eigenvalue weighted by Crippen LogP contribution is -2.22. The van der Waals surface area contributed by atoms with Crippen LogP contribution in [0.25, 0.3) is 0 Å². The van der Waals surface area contributed by atoms with Crippen LogP contribution < -0.4 is 10.1 Å². The van der Waals surface area contributed by atoms with Crippen molar-refractivity contribution < 1.29 is 4.74 Å². The van der Waals surface area contributed by atoms with Crippen LogP contribution in [0.2, 0.25) is 0 Å². The fourth-order valence-electron chi connectivity index (χ4n) is 1.66. The van der Waals surface area contributed by atoms with E-state index >= 15 is 0 Å². The van der Waals surface area contributed by atoms with Crippen molar-refractivity contribution in [1.29, 1.82) is 0 Å². The Morgan fingerprint density at radius 3 is 2.71 bits per heavy atom. The van der Waals surface area contributed by atoms with Gasteiger partial charge in [-0.25, -0.2) is 0 Å². The van der Waals surface area contributed by atoms with E-state index in [4.69, 9.17) is 4.74 Å². The van der Waals surface area contributed by atoms with E-state index in [9.17, 15) is 0 Å². The minimum atomic E-state index is 0.156. The van der Waals surface area contributed by atoms with Crippen molar-refractivity contribution in [3.05, 3.63) is 48.3 Å². The first-order valence-electron chi connectivity index (χ1n) is 5.63. The number of hydrogen-bond donors (Lipinski definition) is 1. The van der Waals surface area contributed by atoms with Gasteiger partial charge in [0.2, 0.25) is 0 Å². The van der Waals surface area contributed by atoms with Gasteiger partial charge in [0.05, 0.1) is 12.2 Å². The van der Waals surface area contributed by atoms with Crippen LogP contribution in [0.5, 0.6) is 5.75 Å². The summed E-state index contributed by atoms with van der Waals surface area (Å²) in [6.45, 7) is 0.589. The number of nitrogens with zero attached hydrogens (tertiary/aromatic N) is 2. The number of nitrogens with one attached hydrogen (secondary N) is 1. The molecule has 4 heteroatoms. The molecule has 0 amide bonds. The van der Waals surface area contributed by atoms with Gasteiger partial charge in [-0.15, -0.1) is 0 Å². The van der Waals surface area contributed by atoms with E-state index in [0.29, 0.717) is 6.61 Å². The first kappa shape index (κ1) is 11.7. The SMILES string of the molecule is CNC(COc1ccccc1)c1cnn(C)c1. The largest absolute Gasteiger partial charge is 0.492 e. The maximum atomic E-state index is 5.72. The third-order valence-electron chi connectivity index (χ3n) is 2.64. The van der Waals surface area contributed by atoms with Gasteiger partial charge in [0.15, 0.2) is 0 Å². The topological polar surface area (TPSA) is 39.1 Å². The Bertz CT molecular complexity index is 453. The monoisotopic (exact) mass is 231 g/mol. The lowest BCUT2D eigenvalue weighted by molar-refractivity contribution is 0.273. The predicted octanol–water partition coefficient (Wildman–Crippen LogP) is 1.76. The van der Waals surface area contributed by atoms with Crippen molar-refractivity contribution in [3.63, 3.8) is 0 Å². The molecular formula is C13H17N3O. The van der Waals surface area contributed by atoms with Crippen molar-refractivity contribution in [2.24, 2.45) is 7.05 Å². The maximum Gasteiger partial charge on any atom is 0.119 e. The van der Waals surface area contributed by atoms with E-state index in [0.717, 1.165) is 11.3 Å². The Labute approximate surface area is 101 Å². The summed E-state index contributed by atoms with van der Waals surface area (Å²) in [5.41, 5.74) is 1.13. The number of likely N-dealkylation sites (N-methyl/N-ethyl adjacent to an activating group) is 1. The van der Waals surface area contributed by atoms with Gasteiger partial charge in [0.1, 0.15) is 12.4 Å². The normalized spacial score (nSPS) is 12.4. The molecule has 0 radical (unpaired) electrons. The standard InChI is InChI=1S/C13H17N3O/c1-14-13(11-8-15-16(2)9-11)10-17-12-6-4-3-5-7-12/h3-9,13-14H,10H2,1-2H3. The summed E-state index contributed by atoms with van der Waals surface area (Å²) in [5.74, 6) is 0.886. The van der Waals surface area contributed by atoms with E-state index in [1.165, 1.54) is 0 Å². The minimum absolute atomic E-state index is 0.156. The molecule has 1 N–H and O–H groups in total. The summed E-state index contributed by atoms with van der Waals surface area (Å²) in [5, 5.41) is 7.39. The lowest BCUT2D eigenvalue weighted by atomic mass is 10.2. The molecule has 0 aliphatic carbocycles.